The Bertz CT molecular complexity index is 365. The van der Waals surface area contributed by atoms with Crippen LogP contribution in [0.5, 0.6) is 0 Å². The summed E-state index contributed by atoms with van der Waals surface area (Å²) < 4.78 is 0. The molecule has 1 atom stereocenters. The molecule has 1 aromatic rings. The first kappa shape index (κ1) is 14.0. The van der Waals surface area contributed by atoms with Crippen LogP contribution in [-0.2, 0) is 6.54 Å². The minimum absolute atomic E-state index is 0.643. The van der Waals surface area contributed by atoms with Crippen molar-refractivity contribution in [2.75, 3.05) is 0 Å². The lowest BCUT2D eigenvalue weighted by Gasteiger charge is -2.23. The van der Waals surface area contributed by atoms with Crippen LogP contribution in [-0.4, -0.2) is 11.0 Å². The second-order valence-corrected chi connectivity index (χ2v) is 6.95. The Labute approximate surface area is 115 Å². The minimum atomic E-state index is 0.643. The number of hydrogen-bond acceptors (Lipinski definition) is 3. The maximum atomic E-state index is 4.50. The third-order valence-electron chi connectivity index (χ3n) is 4.19. The van der Waals surface area contributed by atoms with Gasteiger partial charge >= 0.3 is 0 Å². The molecule has 102 valence electrons. The van der Waals surface area contributed by atoms with Crippen LogP contribution in [0, 0.1) is 19.8 Å². The van der Waals surface area contributed by atoms with Gasteiger partial charge in [-0.3, -0.25) is 0 Å². The SMILES string of the molecule is Cc1nc(C)c(CN[C@@H](C)C2CCCCCC2)s1. The van der Waals surface area contributed by atoms with Gasteiger partial charge in [0.05, 0.1) is 10.7 Å². The fourth-order valence-corrected chi connectivity index (χ4v) is 3.86. The van der Waals surface area contributed by atoms with Gasteiger partial charge in [0.15, 0.2) is 0 Å². The van der Waals surface area contributed by atoms with Crippen molar-refractivity contribution in [3.8, 4) is 0 Å². The summed E-state index contributed by atoms with van der Waals surface area (Å²) in [7, 11) is 0. The Morgan fingerprint density at radius 2 is 1.89 bits per heavy atom. The van der Waals surface area contributed by atoms with E-state index in [1.54, 1.807) is 0 Å². The molecule has 0 aromatic carbocycles. The Kier molecular flexibility index (Phi) is 5.19. The van der Waals surface area contributed by atoms with Crippen molar-refractivity contribution in [3.63, 3.8) is 0 Å². The van der Waals surface area contributed by atoms with Crippen molar-refractivity contribution in [3.05, 3.63) is 15.6 Å². The quantitative estimate of drug-likeness (QED) is 0.826. The Morgan fingerprint density at radius 3 is 2.44 bits per heavy atom. The van der Waals surface area contributed by atoms with Crippen LogP contribution in [0.2, 0.25) is 0 Å². The molecule has 0 radical (unpaired) electrons. The molecule has 1 saturated carbocycles. The molecule has 0 unspecified atom stereocenters. The molecule has 3 heteroatoms. The Balaban J connectivity index is 1.83. The van der Waals surface area contributed by atoms with Gasteiger partial charge in [-0.25, -0.2) is 4.98 Å². The van der Waals surface area contributed by atoms with Crippen molar-refractivity contribution in [2.45, 2.75) is 71.9 Å². The number of aromatic nitrogens is 1. The number of thiazole rings is 1. The highest BCUT2D eigenvalue weighted by Crippen LogP contribution is 2.26. The van der Waals surface area contributed by atoms with Gasteiger partial charge in [-0.15, -0.1) is 11.3 Å². The third-order valence-corrected chi connectivity index (χ3v) is 5.26. The van der Waals surface area contributed by atoms with Gasteiger partial charge in [0.1, 0.15) is 0 Å². The average molecular weight is 266 g/mol. The van der Waals surface area contributed by atoms with Crippen LogP contribution in [0.3, 0.4) is 0 Å². The van der Waals surface area contributed by atoms with Crippen LogP contribution >= 0.6 is 11.3 Å². The molecule has 18 heavy (non-hydrogen) atoms. The van der Waals surface area contributed by atoms with Gasteiger partial charge in [-0.1, -0.05) is 25.7 Å². The summed E-state index contributed by atoms with van der Waals surface area (Å²) in [5.41, 5.74) is 1.21. The van der Waals surface area contributed by atoms with Crippen molar-refractivity contribution >= 4 is 11.3 Å². The van der Waals surface area contributed by atoms with Gasteiger partial charge in [0.25, 0.3) is 0 Å². The summed E-state index contributed by atoms with van der Waals surface area (Å²) >= 11 is 1.83. The van der Waals surface area contributed by atoms with Crippen molar-refractivity contribution < 1.29 is 0 Å². The average Bonchev–Trinajstić information content (AvgIpc) is 2.59. The van der Waals surface area contributed by atoms with E-state index in [0.717, 1.165) is 12.5 Å². The standard InChI is InChI=1S/C15H26N2S/c1-11(14-8-6-4-5-7-9-14)16-10-15-12(2)17-13(3)18-15/h11,14,16H,4-10H2,1-3H3/t11-/m0/s1. The minimum Gasteiger partial charge on any atom is -0.309 e. The third kappa shape index (κ3) is 3.79. The fourth-order valence-electron chi connectivity index (χ4n) is 2.97. The molecule has 0 spiro atoms. The topological polar surface area (TPSA) is 24.9 Å². The summed E-state index contributed by atoms with van der Waals surface area (Å²) in [6.45, 7) is 7.57. The van der Waals surface area contributed by atoms with Gasteiger partial charge in [-0.05, 0) is 39.5 Å². The van der Waals surface area contributed by atoms with E-state index >= 15 is 0 Å². The predicted octanol–water partition coefficient (Wildman–Crippen LogP) is 4.21. The lowest BCUT2D eigenvalue weighted by atomic mass is 9.93. The van der Waals surface area contributed by atoms with Gasteiger partial charge in [0, 0.05) is 17.5 Å². The first-order chi connectivity index (χ1) is 8.66. The summed E-state index contributed by atoms with van der Waals surface area (Å²) in [5, 5.41) is 4.91. The largest absolute Gasteiger partial charge is 0.309 e. The van der Waals surface area contributed by atoms with Crippen LogP contribution in [0.25, 0.3) is 0 Å². The number of aryl methyl sites for hydroxylation is 2. The van der Waals surface area contributed by atoms with Gasteiger partial charge < -0.3 is 5.32 Å². The molecule has 0 aliphatic heterocycles. The molecule has 1 aromatic heterocycles. The predicted molar refractivity (Wildman–Crippen MR) is 79.1 cm³/mol. The van der Waals surface area contributed by atoms with E-state index in [2.05, 4.69) is 31.1 Å². The highest BCUT2D eigenvalue weighted by atomic mass is 32.1. The van der Waals surface area contributed by atoms with E-state index < -0.39 is 0 Å². The molecule has 1 aliphatic rings. The molecule has 0 bridgehead atoms. The molecule has 1 heterocycles. The van der Waals surface area contributed by atoms with Crippen molar-refractivity contribution in [2.24, 2.45) is 5.92 Å². The van der Waals surface area contributed by atoms with Gasteiger partial charge in [0.2, 0.25) is 0 Å². The molecule has 1 N–H and O–H groups in total. The second-order valence-electron chi connectivity index (χ2n) is 5.66. The van der Waals surface area contributed by atoms with Gasteiger partial charge in [-0.2, -0.15) is 0 Å². The molecule has 0 saturated heterocycles. The normalized spacial score (nSPS) is 19.7. The Hall–Kier alpha value is -0.410. The van der Waals surface area contributed by atoms with E-state index in [4.69, 9.17) is 0 Å². The summed E-state index contributed by atoms with van der Waals surface area (Å²) in [6.07, 6.45) is 8.56. The van der Waals surface area contributed by atoms with Crippen LogP contribution < -0.4 is 5.32 Å². The Morgan fingerprint density at radius 1 is 1.22 bits per heavy atom. The number of rotatable bonds is 4. The molecule has 2 nitrogen and oxygen atoms in total. The molecular formula is C15H26N2S. The first-order valence-corrected chi connectivity index (χ1v) is 8.14. The van der Waals surface area contributed by atoms with Crippen LogP contribution in [0.1, 0.15) is 61.0 Å². The van der Waals surface area contributed by atoms with E-state index in [0.29, 0.717) is 6.04 Å². The molecule has 1 aliphatic carbocycles. The molecule has 1 fully saturated rings. The summed E-state index contributed by atoms with van der Waals surface area (Å²) in [6, 6.07) is 0.643. The van der Waals surface area contributed by atoms with Crippen LogP contribution in [0.15, 0.2) is 0 Å². The number of nitrogens with one attached hydrogen (secondary N) is 1. The van der Waals surface area contributed by atoms with Crippen molar-refractivity contribution in [1.29, 1.82) is 0 Å². The summed E-state index contributed by atoms with van der Waals surface area (Å²) in [5.74, 6) is 0.877. The van der Waals surface area contributed by atoms with E-state index in [1.807, 2.05) is 11.3 Å². The molecule has 0 amide bonds. The second kappa shape index (κ2) is 6.67. The van der Waals surface area contributed by atoms with E-state index in [1.165, 1.54) is 54.1 Å². The number of nitrogens with zero attached hydrogens (tertiary/aromatic N) is 1. The monoisotopic (exact) mass is 266 g/mol. The molecular weight excluding hydrogens is 240 g/mol. The first-order valence-electron chi connectivity index (χ1n) is 7.33. The maximum absolute atomic E-state index is 4.50. The van der Waals surface area contributed by atoms with Crippen molar-refractivity contribution in [1.82, 2.24) is 10.3 Å². The number of hydrogen-bond donors (Lipinski definition) is 1. The summed E-state index contributed by atoms with van der Waals surface area (Å²) in [4.78, 5) is 5.91. The lowest BCUT2D eigenvalue weighted by molar-refractivity contribution is 0.337. The highest BCUT2D eigenvalue weighted by molar-refractivity contribution is 7.11. The van der Waals surface area contributed by atoms with E-state index in [9.17, 15) is 0 Å². The zero-order valence-corrected chi connectivity index (χ0v) is 12.8. The fraction of sp³-hybridized carbons (Fsp3) is 0.800. The lowest BCUT2D eigenvalue weighted by Crippen LogP contribution is -2.32. The maximum Gasteiger partial charge on any atom is 0.0900 e. The van der Waals surface area contributed by atoms with E-state index in [-0.39, 0.29) is 0 Å². The zero-order chi connectivity index (χ0) is 13.0. The highest BCUT2D eigenvalue weighted by Gasteiger charge is 2.19. The smallest absolute Gasteiger partial charge is 0.0900 e. The molecule has 2 rings (SSSR count). The van der Waals surface area contributed by atoms with Crippen LogP contribution in [0.4, 0.5) is 0 Å². The zero-order valence-electron chi connectivity index (χ0n) is 12.0.